The average Bonchev–Trinajstić information content (AvgIpc) is 2.68. The highest BCUT2D eigenvalue weighted by Crippen LogP contribution is 2.21. The standard InChI is InChI=1S/C18H23N3O3/c1-18(2,3)24-17(23)21-10-7-13-4-5-15(12-14(13)8-11-21)20-16(22)6-9-19/h4-5,12H,6-8,10-11H2,1-3H3,(H,20,22). The van der Waals surface area contributed by atoms with Gasteiger partial charge in [0.15, 0.2) is 0 Å². The first kappa shape index (κ1) is 17.8. The molecule has 1 aliphatic heterocycles. The summed E-state index contributed by atoms with van der Waals surface area (Å²) in [7, 11) is 0. The summed E-state index contributed by atoms with van der Waals surface area (Å²) in [6, 6.07) is 7.55. The van der Waals surface area contributed by atoms with Crippen LogP contribution in [-0.2, 0) is 22.4 Å². The predicted octanol–water partition coefficient (Wildman–Crippen LogP) is 2.87. The number of hydrogen-bond acceptors (Lipinski definition) is 4. The minimum absolute atomic E-state index is 0.163. The van der Waals surface area contributed by atoms with E-state index in [1.807, 2.05) is 45.0 Å². The highest BCUT2D eigenvalue weighted by molar-refractivity contribution is 5.92. The molecule has 0 fully saturated rings. The van der Waals surface area contributed by atoms with Gasteiger partial charge in [-0.05, 0) is 56.9 Å². The van der Waals surface area contributed by atoms with Gasteiger partial charge in [-0.15, -0.1) is 0 Å². The van der Waals surface area contributed by atoms with Crippen molar-refractivity contribution in [2.45, 2.75) is 45.6 Å². The second-order valence-corrected chi connectivity index (χ2v) is 6.83. The lowest BCUT2D eigenvalue weighted by atomic mass is 10.0. The van der Waals surface area contributed by atoms with Crippen molar-refractivity contribution < 1.29 is 14.3 Å². The van der Waals surface area contributed by atoms with E-state index in [4.69, 9.17) is 10.00 Å². The zero-order chi connectivity index (χ0) is 17.7. The van der Waals surface area contributed by atoms with Crippen LogP contribution in [0.15, 0.2) is 18.2 Å². The van der Waals surface area contributed by atoms with E-state index in [1.54, 1.807) is 4.90 Å². The summed E-state index contributed by atoms with van der Waals surface area (Å²) in [4.78, 5) is 25.5. The molecule has 1 aromatic carbocycles. The molecular formula is C18H23N3O3. The molecule has 0 bridgehead atoms. The summed E-state index contributed by atoms with van der Waals surface area (Å²) < 4.78 is 5.43. The summed E-state index contributed by atoms with van der Waals surface area (Å²) in [5.74, 6) is -0.318. The second kappa shape index (κ2) is 7.35. The maximum Gasteiger partial charge on any atom is 0.410 e. The smallest absolute Gasteiger partial charge is 0.410 e. The first-order chi connectivity index (χ1) is 11.3. The van der Waals surface area contributed by atoms with E-state index in [-0.39, 0.29) is 18.4 Å². The number of nitrogens with zero attached hydrogens (tertiary/aromatic N) is 2. The lowest BCUT2D eigenvalue weighted by molar-refractivity contribution is -0.115. The van der Waals surface area contributed by atoms with E-state index in [0.29, 0.717) is 25.2 Å². The van der Waals surface area contributed by atoms with Gasteiger partial charge in [0.1, 0.15) is 12.0 Å². The van der Waals surface area contributed by atoms with Gasteiger partial charge >= 0.3 is 6.09 Å². The van der Waals surface area contributed by atoms with Crippen LogP contribution in [-0.4, -0.2) is 35.6 Å². The van der Waals surface area contributed by atoms with Crippen LogP contribution < -0.4 is 5.32 Å². The topological polar surface area (TPSA) is 82.4 Å². The number of nitriles is 1. The van der Waals surface area contributed by atoms with Crippen LogP contribution in [0.4, 0.5) is 10.5 Å². The largest absolute Gasteiger partial charge is 0.444 e. The number of carbonyl (C=O) groups excluding carboxylic acids is 2. The van der Waals surface area contributed by atoms with Crippen LogP contribution in [0, 0.1) is 11.3 Å². The Bertz CT molecular complexity index is 671. The van der Waals surface area contributed by atoms with Gasteiger partial charge in [0.2, 0.25) is 5.91 Å². The second-order valence-electron chi connectivity index (χ2n) is 6.83. The fourth-order valence-corrected chi connectivity index (χ4v) is 2.59. The van der Waals surface area contributed by atoms with Crippen molar-refractivity contribution >= 4 is 17.7 Å². The lowest BCUT2D eigenvalue weighted by Gasteiger charge is -2.26. The van der Waals surface area contributed by atoms with Crippen LogP contribution in [0.25, 0.3) is 0 Å². The molecule has 24 heavy (non-hydrogen) atoms. The zero-order valence-electron chi connectivity index (χ0n) is 14.4. The van der Waals surface area contributed by atoms with Gasteiger partial charge in [-0.3, -0.25) is 4.79 Å². The number of rotatable bonds is 2. The molecule has 1 heterocycles. The van der Waals surface area contributed by atoms with E-state index in [1.165, 1.54) is 5.56 Å². The molecule has 2 amide bonds. The van der Waals surface area contributed by atoms with Gasteiger partial charge < -0.3 is 15.0 Å². The third-order valence-electron chi connectivity index (χ3n) is 3.68. The third kappa shape index (κ3) is 4.98. The Morgan fingerprint density at radius 3 is 2.54 bits per heavy atom. The fraction of sp³-hybridized carbons (Fsp3) is 0.500. The molecule has 6 nitrogen and oxygen atoms in total. The Morgan fingerprint density at radius 1 is 1.25 bits per heavy atom. The minimum Gasteiger partial charge on any atom is -0.444 e. The molecule has 1 aliphatic rings. The van der Waals surface area contributed by atoms with Crippen molar-refractivity contribution in [3.63, 3.8) is 0 Å². The lowest BCUT2D eigenvalue weighted by Crippen LogP contribution is -2.38. The van der Waals surface area contributed by atoms with Crippen molar-refractivity contribution in [1.29, 1.82) is 5.26 Å². The van der Waals surface area contributed by atoms with Crippen LogP contribution in [0.2, 0.25) is 0 Å². The molecule has 0 saturated heterocycles. The van der Waals surface area contributed by atoms with E-state index in [2.05, 4.69) is 5.32 Å². The summed E-state index contributed by atoms with van der Waals surface area (Å²) in [6.07, 6.45) is 0.999. The van der Waals surface area contributed by atoms with Crippen LogP contribution in [0.3, 0.4) is 0 Å². The number of anilines is 1. The van der Waals surface area contributed by atoms with Gasteiger partial charge in [0, 0.05) is 18.8 Å². The number of benzene rings is 1. The Morgan fingerprint density at radius 2 is 1.92 bits per heavy atom. The van der Waals surface area contributed by atoms with Gasteiger partial charge in [0.05, 0.1) is 6.07 Å². The third-order valence-corrected chi connectivity index (χ3v) is 3.68. The van der Waals surface area contributed by atoms with Gasteiger partial charge in [-0.25, -0.2) is 4.79 Å². The molecule has 0 aliphatic carbocycles. The fourth-order valence-electron chi connectivity index (χ4n) is 2.59. The quantitative estimate of drug-likeness (QED) is 0.904. The molecule has 0 aromatic heterocycles. The summed E-state index contributed by atoms with van der Waals surface area (Å²) in [6.45, 7) is 6.76. The zero-order valence-corrected chi connectivity index (χ0v) is 14.4. The van der Waals surface area contributed by atoms with Crippen LogP contribution in [0.5, 0.6) is 0 Å². The van der Waals surface area contributed by atoms with Gasteiger partial charge in [-0.2, -0.15) is 5.26 Å². The van der Waals surface area contributed by atoms with Crippen molar-refractivity contribution in [3.05, 3.63) is 29.3 Å². The molecule has 6 heteroatoms. The van der Waals surface area contributed by atoms with E-state index >= 15 is 0 Å². The number of ether oxygens (including phenoxy) is 1. The molecular weight excluding hydrogens is 306 g/mol. The van der Waals surface area contributed by atoms with Crippen molar-refractivity contribution in [3.8, 4) is 6.07 Å². The molecule has 128 valence electrons. The Labute approximate surface area is 142 Å². The Hall–Kier alpha value is -2.55. The number of carbonyl (C=O) groups is 2. The Balaban J connectivity index is 2.04. The molecule has 1 aromatic rings. The molecule has 0 atom stereocenters. The SMILES string of the molecule is CC(C)(C)OC(=O)N1CCc2ccc(NC(=O)CC#N)cc2CC1. The predicted molar refractivity (Wildman–Crippen MR) is 90.5 cm³/mol. The normalized spacial score (nSPS) is 14.2. The minimum atomic E-state index is -0.506. The molecule has 1 N–H and O–H groups in total. The molecule has 2 rings (SSSR count). The number of amides is 2. The van der Waals surface area contributed by atoms with Crippen molar-refractivity contribution in [1.82, 2.24) is 4.90 Å². The van der Waals surface area contributed by atoms with E-state index < -0.39 is 5.60 Å². The van der Waals surface area contributed by atoms with Gasteiger partial charge in [0.25, 0.3) is 0 Å². The molecule has 0 saturated carbocycles. The first-order valence-electron chi connectivity index (χ1n) is 8.05. The van der Waals surface area contributed by atoms with E-state index in [9.17, 15) is 9.59 Å². The maximum absolute atomic E-state index is 12.2. The molecule has 0 unspecified atom stereocenters. The first-order valence-corrected chi connectivity index (χ1v) is 8.05. The monoisotopic (exact) mass is 329 g/mol. The van der Waals surface area contributed by atoms with E-state index in [0.717, 1.165) is 12.0 Å². The number of nitrogens with one attached hydrogen (secondary N) is 1. The van der Waals surface area contributed by atoms with Crippen molar-refractivity contribution in [2.24, 2.45) is 0 Å². The molecule has 0 radical (unpaired) electrons. The average molecular weight is 329 g/mol. The highest BCUT2D eigenvalue weighted by Gasteiger charge is 2.24. The highest BCUT2D eigenvalue weighted by atomic mass is 16.6. The van der Waals surface area contributed by atoms with Crippen LogP contribution in [0.1, 0.15) is 38.3 Å². The van der Waals surface area contributed by atoms with Crippen LogP contribution >= 0.6 is 0 Å². The number of fused-ring (bicyclic) bond motifs is 1. The molecule has 0 spiro atoms. The number of hydrogen-bond donors (Lipinski definition) is 1. The summed E-state index contributed by atoms with van der Waals surface area (Å²) >= 11 is 0. The Kier molecular flexibility index (Phi) is 5.45. The maximum atomic E-state index is 12.2. The summed E-state index contributed by atoms with van der Waals surface area (Å²) in [5.41, 5.74) is 2.45. The van der Waals surface area contributed by atoms with Gasteiger partial charge in [-0.1, -0.05) is 6.07 Å². The summed E-state index contributed by atoms with van der Waals surface area (Å²) in [5, 5.41) is 11.3. The van der Waals surface area contributed by atoms with Crippen molar-refractivity contribution in [2.75, 3.05) is 18.4 Å².